The van der Waals surface area contributed by atoms with Crippen molar-refractivity contribution in [3.63, 3.8) is 0 Å². The van der Waals surface area contributed by atoms with Crippen LogP contribution in [0.3, 0.4) is 0 Å². The van der Waals surface area contributed by atoms with Gasteiger partial charge in [0.1, 0.15) is 5.56 Å². The van der Waals surface area contributed by atoms with E-state index in [1.807, 2.05) is 0 Å². The van der Waals surface area contributed by atoms with Gasteiger partial charge in [-0.1, -0.05) is 12.8 Å². The van der Waals surface area contributed by atoms with Crippen LogP contribution in [0, 0.1) is 0 Å². The Balaban J connectivity index is 2.25. The van der Waals surface area contributed by atoms with Crippen molar-refractivity contribution in [2.75, 3.05) is 23.7 Å². The highest BCUT2D eigenvalue weighted by Gasteiger charge is 2.16. The zero-order valence-electron chi connectivity index (χ0n) is 9.59. The molecule has 1 aromatic heterocycles. The number of anilines is 2. The van der Waals surface area contributed by atoms with Crippen LogP contribution in [0.5, 0.6) is 0 Å². The second-order valence-corrected chi connectivity index (χ2v) is 4.21. The van der Waals surface area contributed by atoms with Gasteiger partial charge in [-0.25, -0.2) is 4.79 Å². The average molecular weight is 236 g/mol. The summed E-state index contributed by atoms with van der Waals surface area (Å²) in [6, 6.07) is 1.51. The lowest BCUT2D eigenvalue weighted by atomic mass is 10.2. The number of hydrogen-bond acceptors (Lipinski definition) is 5. The van der Waals surface area contributed by atoms with Crippen LogP contribution in [0.4, 0.5) is 11.6 Å². The van der Waals surface area contributed by atoms with E-state index in [0.29, 0.717) is 5.82 Å². The van der Waals surface area contributed by atoms with E-state index in [2.05, 4.69) is 15.1 Å². The third kappa shape index (κ3) is 2.64. The van der Waals surface area contributed by atoms with E-state index in [1.165, 1.54) is 18.9 Å². The number of aromatic carboxylic acids is 1. The Morgan fingerprint density at radius 2 is 1.88 bits per heavy atom. The lowest BCUT2D eigenvalue weighted by molar-refractivity contribution is 0.0697. The standard InChI is InChI=1S/C11H16N4O2/c12-10-8(11(16)17)7-9(13-14-10)15-5-3-1-2-4-6-15/h7H,1-6H2,(H2,12,14)(H,16,17). The molecule has 6 nitrogen and oxygen atoms in total. The molecule has 1 saturated heterocycles. The topological polar surface area (TPSA) is 92.3 Å². The molecule has 0 aliphatic carbocycles. The van der Waals surface area contributed by atoms with Gasteiger partial charge < -0.3 is 15.7 Å². The third-order valence-electron chi connectivity index (χ3n) is 2.97. The molecule has 1 aromatic rings. The zero-order valence-corrected chi connectivity index (χ0v) is 9.59. The Bertz CT molecular complexity index is 414. The molecule has 6 heteroatoms. The molecule has 0 amide bonds. The molecular weight excluding hydrogens is 220 g/mol. The van der Waals surface area contributed by atoms with Crippen LogP contribution < -0.4 is 10.6 Å². The van der Waals surface area contributed by atoms with Crippen LogP contribution in [0.25, 0.3) is 0 Å². The van der Waals surface area contributed by atoms with Gasteiger partial charge in [0.25, 0.3) is 0 Å². The predicted molar refractivity (Wildman–Crippen MR) is 64.1 cm³/mol. The van der Waals surface area contributed by atoms with Crippen molar-refractivity contribution in [1.29, 1.82) is 0 Å². The number of rotatable bonds is 2. The fraction of sp³-hybridized carbons (Fsp3) is 0.545. The minimum absolute atomic E-state index is 0.0271. The largest absolute Gasteiger partial charge is 0.478 e. The van der Waals surface area contributed by atoms with Crippen molar-refractivity contribution in [2.24, 2.45) is 0 Å². The van der Waals surface area contributed by atoms with Gasteiger partial charge in [0.15, 0.2) is 11.6 Å². The molecule has 2 heterocycles. The molecule has 17 heavy (non-hydrogen) atoms. The first-order valence-corrected chi connectivity index (χ1v) is 5.80. The van der Waals surface area contributed by atoms with Gasteiger partial charge in [0, 0.05) is 19.2 Å². The maximum absolute atomic E-state index is 11.0. The quantitative estimate of drug-likeness (QED) is 0.799. The van der Waals surface area contributed by atoms with E-state index in [9.17, 15) is 4.79 Å². The van der Waals surface area contributed by atoms with Crippen LogP contribution >= 0.6 is 0 Å². The van der Waals surface area contributed by atoms with E-state index in [0.717, 1.165) is 25.9 Å². The highest BCUT2D eigenvalue weighted by Crippen LogP contribution is 2.19. The zero-order chi connectivity index (χ0) is 12.3. The molecule has 0 aromatic carbocycles. The van der Waals surface area contributed by atoms with Crippen molar-refractivity contribution in [1.82, 2.24) is 10.2 Å². The summed E-state index contributed by atoms with van der Waals surface area (Å²) in [5.41, 5.74) is 5.50. The summed E-state index contributed by atoms with van der Waals surface area (Å²) in [6.07, 6.45) is 4.64. The van der Waals surface area contributed by atoms with Crippen LogP contribution in [0.15, 0.2) is 6.07 Å². The average Bonchev–Trinajstić information content (AvgIpc) is 2.58. The Morgan fingerprint density at radius 1 is 1.24 bits per heavy atom. The second-order valence-electron chi connectivity index (χ2n) is 4.21. The van der Waals surface area contributed by atoms with Gasteiger partial charge in [0.2, 0.25) is 0 Å². The van der Waals surface area contributed by atoms with Gasteiger partial charge in [-0.2, -0.15) is 0 Å². The lowest BCUT2D eigenvalue weighted by Crippen LogP contribution is -2.26. The lowest BCUT2D eigenvalue weighted by Gasteiger charge is -2.20. The fourth-order valence-electron chi connectivity index (χ4n) is 2.02. The second kappa shape index (κ2) is 4.99. The van der Waals surface area contributed by atoms with Gasteiger partial charge in [-0.15, -0.1) is 10.2 Å². The molecule has 0 atom stereocenters. The first-order valence-electron chi connectivity index (χ1n) is 5.80. The summed E-state index contributed by atoms with van der Waals surface area (Å²) in [4.78, 5) is 13.0. The molecule has 0 bridgehead atoms. The Kier molecular flexibility index (Phi) is 3.41. The molecule has 0 radical (unpaired) electrons. The summed E-state index contributed by atoms with van der Waals surface area (Å²) < 4.78 is 0. The molecule has 0 saturated carbocycles. The first-order chi connectivity index (χ1) is 8.18. The van der Waals surface area contributed by atoms with Gasteiger partial charge in [-0.3, -0.25) is 0 Å². The molecule has 1 aliphatic rings. The van der Waals surface area contributed by atoms with Crippen molar-refractivity contribution < 1.29 is 9.90 Å². The number of carboxylic acids is 1. The summed E-state index contributed by atoms with van der Waals surface area (Å²) in [7, 11) is 0. The minimum atomic E-state index is -1.06. The summed E-state index contributed by atoms with van der Waals surface area (Å²) in [5.74, 6) is -0.483. The molecule has 1 fully saturated rings. The minimum Gasteiger partial charge on any atom is -0.478 e. The van der Waals surface area contributed by atoms with E-state index in [-0.39, 0.29) is 11.4 Å². The van der Waals surface area contributed by atoms with Crippen molar-refractivity contribution >= 4 is 17.6 Å². The Hall–Kier alpha value is -1.85. The maximum Gasteiger partial charge on any atom is 0.339 e. The SMILES string of the molecule is Nc1nnc(N2CCCCCC2)cc1C(=O)O. The summed E-state index contributed by atoms with van der Waals surface area (Å²) in [6.45, 7) is 1.80. The van der Waals surface area contributed by atoms with Crippen LogP contribution in [0.1, 0.15) is 36.0 Å². The number of nitrogens with two attached hydrogens (primary N) is 1. The molecule has 3 N–H and O–H groups in total. The molecule has 2 rings (SSSR count). The number of carboxylic acid groups (broad SMARTS) is 1. The maximum atomic E-state index is 11.0. The van der Waals surface area contributed by atoms with Crippen LogP contribution in [0.2, 0.25) is 0 Å². The smallest absolute Gasteiger partial charge is 0.339 e. The molecule has 1 aliphatic heterocycles. The number of aromatic nitrogens is 2. The van der Waals surface area contributed by atoms with Crippen LogP contribution in [-0.4, -0.2) is 34.4 Å². The highest BCUT2D eigenvalue weighted by molar-refractivity contribution is 5.93. The van der Waals surface area contributed by atoms with Gasteiger partial charge >= 0.3 is 5.97 Å². The molecule has 92 valence electrons. The van der Waals surface area contributed by atoms with E-state index in [4.69, 9.17) is 10.8 Å². The van der Waals surface area contributed by atoms with E-state index < -0.39 is 5.97 Å². The Morgan fingerprint density at radius 3 is 2.47 bits per heavy atom. The van der Waals surface area contributed by atoms with E-state index >= 15 is 0 Å². The normalized spacial score (nSPS) is 16.6. The van der Waals surface area contributed by atoms with Gasteiger partial charge in [-0.05, 0) is 12.8 Å². The van der Waals surface area contributed by atoms with Crippen molar-refractivity contribution in [3.8, 4) is 0 Å². The molecule has 0 spiro atoms. The summed E-state index contributed by atoms with van der Waals surface area (Å²) >= 11 is 0. The highest BCUT2D eigenvalue weighted by atomic mass is 16.4. The summed E-state index contributed by atoms with van der Waals surface area (Å²) in [5, 5.41) is 16.7. The number of nitrogens with zero attached hydrogens (tertiary/aromatic N) is 3. The fourth-order valence-corrected chi connectivity index (χ4v) is 2.02. The molecule has 0 unspecified atom stereocenters. The first kappa shape index (κ1) is 11.6. The molecular formula is C11H16N4O2. The number of hydrogen-bond donors (Lipinski definition) is 2. The van der Waals surface area contributed by atoms with Crippen molar-refractivity contribution in [2.45, 2.75) is 25.7 Å². The Labute approximate surface area is 99.4 Å². The van der Waals surface area contributed by atoms with Gasteiger partial charge in [0.05, 0.1) is 0 Å². The van der Waals surface area contributed by atoms with E-state index in [1.54, 1.807) is 0 Å². The monoisotopic (exact) mass is 236 g/mol. The number of carbonyl (C=O) groups is 1. The third-order valence-corrected chi connectivity index (χ3v) is 2.97. The number of nitrogen functional groups attached to an aromatic ring is 1. The predicted octanol–water partition coefficient (Wildman–Crippen LogP) is 1.14. The van der Waals surface area contributed by atoms with Crippen molar-refractivity contribution in [3.05, 3.63) is 11.6 Å². The van der Waals surface area contributed by atoms with Crippen LogP contribution in [-0.2, 0) is 0 Å².